The number of nitrogens with zero attached hydrogens (tertiary/aromatic N) is 3. The molecule has 1 aromatic carbocycles. The lowest BCUT2D eigenvalue weighted by Crippen LogP contribution is -2.25. The van der Waals surface area contributed by atoms with Gasteiger partial charge >= 0.3 is 0 Å². The molecule has 0 bridgehead atoms. The van der Waals surface area contributed by atoms with Crippen LogP contribution in [-0.4, -0.2) is 27.8 Å². The molecule has 142 valence electrons. The second-order valence-electron chi connectivity index (χ2n) is 6.12. The first-order valence-electron chi connectivity index (χ1n) is 8.47. The topological polar surface area (TPSA) is 57.0 Å². The van der Waals surface area contributed by atoms with Crippen LogP contribution in [0.15, 0.2) is 35.5 Å². The molecule has 3 aromatic rings. The molecule has 0 aliphatic rings. The Balaban J connectivity index is 2.10. The molecule has 2 aromatic heterocycles. The van der Waals surface area contributed by atoms with Crippen LogP contribution >= 0.6 is 0 Å². The maximum absolute atomic E-state index is 14.7. The van der Waals surface area contributed by atoms with Gasteiger partial charge in [0.25, 0.3) is 5.56 Å². The van der Waals surface area contributed by atoms with E-state index in [9.17, 15) is 18.0 Å². The van der Waals surface area contributed by atoms with Crippen molar-refractivity contribution in [3.8, 4) is 17.1 Å². The number of pyridine rings is 1. The molecule has 0 N–H and O–H groups in total. The molecule has 27 heavy (non-hydrogen) atoms. The molecule has 3 rings (SSSR count). The number of hydrogen-bond donors (Lipinski definition) is 0. The molecule has 0 radical (unpaired) electrons. The van der Waals surface area contributed by atoms with Crippen molar-refractivity contribution in [2.24, 2.45) is 0 Å². The number of aromatic nitrogens is 3. The molecule has 5 nitrogen and oxygen atoms in total. The SMILES string of the molecule is CCCC(F)Cn1ccc2cc(-c3ncc(OC)cn3)c(F)c(F)c2c1=O. The number of ether oxygens (including phenoxy) is 1. The highest BCUT2D eigenvalue weighted by atomic mass is 19.2. The zero-order valence-corrected chi connectivity index (χ0v) is 14.9. The first kappa shape index (κ1) is 18.9. The van der Waals surface area contributed by atoms with Crippen molar-refractivity contribution in [3.63, 3.8) is 0 Å². The summed E-state index contributed by atoms with van der Waals surface area (Å²) >= 11 is 0. The highest BCUT2D eigenvalue weighted by Gasteiger charge is 2.20. The molecule has 0 saturated carbocycles. The van der Waals surface area contributed by atoms with E-state index >= 15 is 0 Å². The van der Waals surface area contributed by atoms with Crippen LogP contribution in [0.25, 0.3) is 22.2 Å². The average Bonchev–Trinajstić information content (AvgIpc) is 2.67. The molecule has 8 heteroatoms. The van der Waals surface area contributed by atoms with Crippen molar-refractivity contribution < 1.29 is 17.9 Å². The fourth-order valence-electron chi connectivity index (χ4n) is 2.86. The predicted octanol–water partition coefficient (Wildman–Crippen LogP) is 3.88. The molecule has 0 amide bonds. The molecule has 0 fully saturated rings. The van der Waals surface area contributed by atoms with Gasteiger partial charge in [0.05, 0.1) is 37.0 Å². The van der Waals surface area contributed by atoms with Crippen LogP contribution in [0.3, 0.4) is 0 Å². The van der Waals surface area contributed by atoms with Gasteiger partial charge in [-0.3, -0.25) is 4.79 Å². The van der Waals surface area contributed by atoms with Gasteiger partial charge < -0.3 is 9.30 Å². The highest BCUT2D eigenvalue weighted by Crippen LogP contribution is 2.27. The van der Waals surface area contributed by atoms with Crippen molar-refractivity contribution in [1.82, 2.24) is 14.5 Å². The Bertz CT molecular complexity index is 1020. The Morgan fingerprint density at radius 1 is 1.22 bits per heavy atom. The average molecular weight is 377 g/mol. The van der Waals surface area contributed by atoms with Gasteiger partial charge in [-0.2, -0.15) is 0 Å². The fourth-order valence-corrected chi connectivity index (χ4v) is 2.86. The van der Waals surface area contributed by atoms with Gasteiger partial charge in [-0.15, -0.1) is 0 Å². The first-order valence-corrected chi connectivity index (χ1v) is 8.47. The summed E-state index contributed by atoms with van der Waals surface area (Å²) in [7, 11) is 1.43. The summed E-state index contributed by atoms with van der Waals surface area (Å²) in [6, 6.07) is 2.76. The molecular weight excluding hydrogens is 359 g/mol. The van der Waals surface area contributed by atoms with E-state index in [1.807, 2.05) is 6.92 Å². The third-order valence-corrected chi connectivity index (χ3v) is 4.25. The lowest BCUT2D eigenvalue weighted by atomic mass is 10.1. The number of alkyl halides is 1. The van der Waals surface area contributed by atoms with Crippen LogP contribution in [0.4, 0.5) is 13.2 Å². The van der Waals surface area contributed by atoms with E-state index in [2.05, 4.69) is 9.97 Å². The van der Waals surface area contributed by atoms with Crippen LogP contribution in [0.5, 0.6) is 5.75 Å². The number of fused-ring (bicyclic) bond motifs is 1. The zero-order chi connectivity index (χ0) is 19.6. The molecule has 1 atom stereocenters. The van der Waals surface area contributed by atoms with Gasteiger partial charge in [0.15, 0.2) is 23.2 Å². The van der Waals surface area contributed by atoms with Gasteiger partial charge in [-0.1, -0.05) is 13.3 Å². The number of rotatable bonds is 6. The quantitative estimate of drug-likeness (QED) is 0.654. The normalized spacial score (nSPS) is 12.3. The molecule has 0 saturated heterocycles. The molecule has 0 aliphatic heterocycles. The monoisotopic (exact) mass is 377 g/mol. The van der Waals surface area contributed by atoms with E-state index < -0.39 is 28.8 Å². The summed E-state index contributed by atoms with van der Waals surface area (Å²) in [4.78, 5) is 20.4. The van der Waals surface area contributed by atoms with Crippen LogP contribution in [0.1, 0.15) is 19.8 Å². The van der Waals surface area contributed by atoms with Crippen LogP contribution in [0.2, 0.25) is 0 Å². The van der Waals surface area contributed by atoms with Crippen LogP contribution in [0, 0.1) is 11.6 Å². The summed E-state index contributed by atoms with van der Waals surface area (Å²) < 4.78 is 49.1. The van der Waals surface area contributed by atoms with Gasteiger partial charge in [0.2, 0.25) is 0 Å². The number of halogens is 3. The smallest absolute Gasteiger partial charge is 0.261 e. The molecule has 0 spiro atoms. The maximum Gasteiger partial charge on any atom is 0.261 e. The van der Waals surface area contributed by atoms with E-state index in [-0.39, 0.29) is 29.7 Å². The zero-order valence-electron chi connectivity index (χ0n) is 14.9. The van der Waals surface area contributed by atoms with Gasteiger partial charge in [0, 0.05) is 6.20 Å². The van der Waals surface area contributed by atoms with Crippen LogP contribution in [-0.2, 0) is 6.54 Å². The number of benzene rings is 1. The first-order chi connectivity index (χ1) is 13.0. The standard InChI is InChI=1S/C19H18F3N3O2/c1-3-4-12(20)10-25-6-5-11-7-14(16(21)17(22)15(11)19(25)26)18-23-8-13(27-2)9-24-18/h5-9,12H,3-4,10H2,1-2H3. The van der Waals surface area contributed by atoms with Gasteiger partial charge in [-0.05, 0) is 23.9 Å². The third kappa shape index (κ3) is 3.65. The largest absolute Gasteiger partial charge is 0.494 e. The third-order valence-electron chi connectivity index (χ3n) is 4.25. The Morgan fingerprint density at radius 3 is 2.56 bits per heavy atom. The van der Waals surface area contributed by atoms with E-state index in [4.69, 9.17) is 4.74 Å². The minimum absolute atomic E-state index is 0.0370. The van der Waals surface area contributed by atoms with Crippen molar-refractivity contribution in [2.45, 2.75) is 32.5 Å². The van der Waals surface area contributed by atoms with E-state index in [0.717, 1.165) is 4.57 Å². The predicted molar refractivity (Wildman–Crippen MR) is 95.5 cm³/mol. The van der Waals surface area contributed by atoms with E-state index in [1.54, 1.807) is 0 Å². The summed E-state index contributed by atoms with van der Waals surface area (Å²) in [6.45, 7) is 1.63. The Hall–Kier alpha value is -2.90. The van der Waals surface area contributed by atoms with E-state index in [0.29, 0.717) is 12.2 Å². The molecule has 0 aliphatic carbocycles. The summed E-state index contributed by atoms with van der Waals surface area (Å²) in [5.41, 5.74) is -0.945. The summed E-state index contributed by atoms with van der Waals surface area (Å²) in [5, 5.41) is -0.230. The molecule has 1 unspecified atom stereocenters. The van der Waals surface area contributed by atoms with Gasteiger partial charge in [0.1, 0.15) is 6.17 Å². The molecular formula is C19H18F3N3O2. The second-order valence-corrected chi connectivity index (χ2v) is 6.12. The number of hydrogen-bond acceptors (Lipinski definition) is 4. The minimum Gasteiger partial charge on any atom is -0.494 e. The Labute approximate surface area is 153 Å². The van der Waals surface area contributed by atoms with Crippen molar-refractivity contribution in [3.05, 3.63) is 52.7 Å². The summed E-state index contributed by atoms with van der Waals surface area (Å²) in [5.74, 6) is -2.19. The van der Waals surface area contributed by atoms with E-state index in [1.165, 1.54) is 37.8 Å². The molecule has 2 heterocycles. The second kappa shape index (κ2) is 7.77. The lowest BCUT2D eigenvalue weighted by molar-refractivity contribution is 0.274. The van der Waals surface area contributed by atoms with Crippen molar-refractivity contribution in [1.29, 1.82) is 0 Å². The fraction of sp³-hybridized carbons (Fsp3) is 0.316. The lowest BCUT2D eigenvalue weighted by Gasteiger charge is -2.12. The number of methoxy groups -OCH3 is 1. The van der Waals surface area contributed by atoms with Crippen molar-refractivity contribution in [2.75, 3.05) is 7.11 Å². The highest BCUT2D eigenvalue weighted by molar-refractivity contribution is 5.86. The maximum atomic E-state index is 14.7. The van der Waals surface area contributed by atoms with Crippen molar-refractivity contribution >= 4 is 10.8 Å². The van der Waals surface area contributed by atoms with Crippen LogP contribution < -0.4 is 10.3 Å². The minimum atomic E-state index is -1.30. The summed E-state index contributed by atoms with van der Waals surface area (Å²) in [6.07, 6.45) is 3.72. The Morgan fingerprint density at radius 2 is 1.93 bits per heavy atom. The Kier molecular flexibility index (Phi) is 5.43. The van der Waals surface area contributed by atoms with Gasteiger partial charge in [-0.25, -0.2) is 23.1 Å².